The van der Waals surface area contributed by atoms with Gasteiger partial charge < -0.3 is 15.5 Å². The molecule has 0 aliphatic carbocycles. The zero-order chi connectivity index (χ0) is 18.5. The van der Waals surface area contributed by atoms with Crippen molar-refractivity contribution in [3.63, 3.8) is 0 Å². The molecule has 1 aliphatic heterocycles. The normalized spacial score (nSPS) is 13.3. The molecule has 134 valence electrons. The number of rotatable bonds is 4. The lowest BCUT2D eigenvalue weighted by atomic mass is 10.2. The van der Waals surface area contributed by atoms with E-state index >= 15 is 0 Å². The number of thioether (sulfide) groups is 1. The Kier molecular flexibility index (Phi) is 5.58. The van der Waals surface area contributed by atoms with E-state index in [0.717, 1.165) is 37.3 Å². The fraction of sp³-hybridized carbons (Fsp3) is 0.333. The summed E-state index contributed by atoms with van der Waals surface area (Å²) in [4.78, 5) is 22.6. The minimum atomic E-state index is -0.0639. The van der Waals surface area contributed by atoms with Crippen molar-refractivity contribution in [3.8, 4) is 6.07 Å². The number of benzene rings is 1. The molecule has 1 aromatic heterocycles. The SMILES string of the molecule is CSc1nc(C)c(C#N)c(Nc2ccc(NC(=O)N3CCCC3)cc2)n1. The van der Waals surface area contributed by atoms with Crippen LogP contribution >= 0.6 is 11.8 Å². The van der Waals surface area contributed by atoms with Gasteiger partial charge in [0.2, 0.25) is 0 Å². The molecule has 3 rings (SSSR count). The molecule has 1 aliphatic rings. The van der Waals surface area contributed by atoms with Crippen LogP contribution in [0.15, 0.2) is 29.4 Å². The van der Waals surface area contributed by atoms with Crippen LogP contribution in [0.2, 0.25) is 0 Å². The van der Waals surface area contributed by atoms with E-state index in [2.05, 4.69) is 26.7 Å². The third-order valence-electron chi connectivity index (χ3n) is 4.16. The number of aromatic nitrogens is 2. The number of carbonyl (C=O) groups excluding carboxylic acids is 1. The van der Waals surface area contributed by atoms with Gasteiger partial charge in [0.05, 0.1) is 5.69 Å². The number of urea groups is 1. The lowest BCUT2D eigenvalue weighted by molar-refractivity contribution is 0.222. The van der Waals surface area contributed by atoms with E-state index in [1.807, 2.05) is 35.4 Å². The fourth-order valence-electron chi connectivity index (χ4n) is 2.76. The van der Waals surface area contributed by atoms with Crippen LogP contribution in [-0.2, 0) is 0 Å². The van der Waals surface area contributed by atoms with Crippen molar-refractivity contribution in [1.29, 1.82) is 5.26 Å². The van der Waals surface area contributed by atoms with Crippen LogP contribution in [0.25, 0.3) is 0 Å². The number of hydrogen-bond donors (Lipinski definition) is 2. The highest BCUT2D eigenvalue weighted by Gasteiger charge is 2.17. The Morgan fingerprint density at radius 1 is 1.19 bits per heavy atom. The second-order valence-electron chi connectivity index (χ2n) is 5.96. The molecule has 2 amide bonds. The zero-order valence-corrected chi connectivity index (χ0v) is 15.6. The highest BCUT2D eigenvalue weighted by molar-refractivity contribution is 7.98. The minimum absolute atomic E-state index is 0.0639. The molecule has 7 nitrogen and oxygen atoms in total. The number of aryl methyl sites for hydroxylation is 1. The third kappa shape index (κ3) is 4.06. The largest absolute Gasteiger partial charge is 0.339 e. The van der Waals surface area contributed by atoms with E-state index in [9.17, 15) is 10.1 Å². The molecule has 2 aromatic rings. The number of nitrogens with one attached hydrogen (secondary N) is 2. The predicted octanol–water partition coefficient (Wildman–Crippen LogP) is 3.75. The average Bonchev–Trinajstić information content (AvgIpc) is 3.18. The van der Waals surface area contributed by atoms with Crippen molar-refractivity contribution >= 4 is 35.0 Å². The van der Waals surface area contributed by atoms with Gasteiger partial charge in [0, 0.05) is 24.5 Å². The van der Waals surface area contributed by atoms with Crippen LogP contribution < -0.4 is 10.6 Å². The van der Waals surface area contributed by atoms with E-state index in [4.69, 9.17) is 0 Å². The van der Waals surface area contributed by atoms with E-state index in [-0.39, 0.29) is 6.03 Å². The van der Waals surface area contributed by atoms with Crippen molar-refractivity contribution in [2.24, 2.45) is 0 Å². The smallest absolute Gasteiger partial charge is 0.321 e. The molecule has 1 aromatic carbocycles. The van der Waals surface area contributed by atoms with Gasteiger partial charge in [-0.1, -0.05) is 11.8 Å². The summed E-state index contributed by atoms with van der Waals surface area (Å²) in [6.45, 7) is 3.42. The maximum Gasteiger partial charge on any atom is 0.321 e. The summed E-state index contributed by atoms with van der Waals surface area (Å²) in [5.74, 6) is 0.484. The Balaban J connectivity index is 1.72. The first-order chi connectivity index (χ1) is 12.6. The molecule has 0 spiro atoms. The molecule has 2 N–H and O–H groups in total. The van der Waals surface area contributed by atoms with Gasteiger partial charge in [-0.3, -0.25) is 0 Å². The molecule has 2 heterocycles. The second-order valence-corrected chi connectivity index (χ2v) is 6.73. The summed E-state index contributed by atoms with van der Waals surface area (Å²) in [6.07, 6.45) is 4.02. The standard InChI is InChI=1S/C18H20N6OS/c1-12-15(11-19)16(23-17(20-12)26-2)21-13-5-7-14(8-6-13)22-18(25)24-9-3-4-10-24/h5-8H,3-4,9-10H2,1-2H3,(H,22,25)(H,20,21,23). The van der Waals surface area contributed by atoms with Gasteiger partial charge in [0.15, 0.2) is 11.0 Å². The summed E-state index contributed by atoms with van der Waals surface area (Å²) in [5.41, 5.74) is 2.58. The van der Waals surface area contributed by atoms with E-state index in [0.29, 0.717) is 22.2 Å². The average molecular weight is 368 g/mol. The number of amides is 2. The van der Waals surface area contributed by atoms with Crippen molar-refractivity contribution in [2.75, 3.05) is 30.0 Å². The topological polar surface area (TPSA) is 93.9 Å². The van der Waals surface area contributed by atoms with Gasteiger partial charge in [-0.25, -0.2) is 14.8 Å². The van der Waals surface area contributed by atoms with Gasteiger partial charge in [-0.15, -0.1) is 0 Å². The fourth-order valence-corrected chi connectivity index (χ4v) is 3.17. The van der Waals surface area contributed by atoms with Gasteiger partial charge in [0.25, 0.3) is 0 Å². The maximum absolute atomic E-state index is 12.1. The van der Waals surface area contributed by atoms with Gasteiger partial charge >= 0.3 is 6.03 Å². The summed E-state index contributed by atoms with van der Waals surface area (Å²) in [7, 11) is 0. The Morgan fingerprint density at radius 3 is 2.46 bits per heavy atom. The molecule has 1 saturated heterocycles. The monoisotopic (exact) mass is 368 g/mol. The number of nitriles is 1. The van der Waals surface area contributed by atoms with Crippen LogP contribution in [0.1, 0.15) is 24.1 Å². The summed E-state index contributed by atoms with van der Waals surface area (Å²) < 4.78 is 0. The lowest BCUT2D eigenvalue weighted by Crippen LogP contribution is -2.32. The quantitative estimate of drug-likeness (QED) is 0.630. The zero-order valence-electron chi connectivity index (χ0n) is 14.7. The Bertz CT molecular complexity index is 840. The molecule has 1 fully saturated rings. The molecule has 0 saturated carbocycles. The van der Waals surface area contributed by atoms with E-state index in [1.54, 1.807) is 6.92 Å². The first-order valence-electron chi connectivity index (χ1n) is 8.36. The molecular weight excluding hydrogens is 348 g/mol. The van der Waals surface area contributed by atoms with Crippen molar-refractivity contribution in [3.05, 3.63) is 35.5 Å². The van der Waals surface area contributed by atoms with Gasteiger partial charge in [0.1, 0.15) is 11.6 Å². The Labute approximate surface area is 156 Å². The van der Waals surface area contributed by atoms with Crippen molar-refractivity contribution in [2.45, 2.75) is 24.9 Å². The first kappa shape index (κ1) is 18.0. The number of hydrogen-bond acceptors (Lipinski definition) is 6. The molecule has 0 unspecified atom stereocenters. The summed E-state index contributed by atoms with van der Waals surface area (Å²) in [5, 5.41) is 16.0. The molecular formula is C18H20N6OS. The first-order valence-corrected chi connectivity index (χ1v) is 9.59. The summed E-state index contributed by atoms with van der Waals surface area (Å²) >= 11 is 1.42. The predicted molar refractivity (Wildman–Crippen MR) is 103 cm³/mol. The lowest BCUT2D eigenvalue weighted by Gasteiger charge is -2.16. The maximum atomic E-state index is 12.1. The van der Waals surface area contributed by atoms with Crippen molar-refractivity contribution in [1.82, 2.24) is 14.9 Å². The molecule has 0 bridgehead atoms. The van der Waals surface area contributed by atoms with Crippen LogP contribution in [0, 0.1) is 18.3 Å². The van der Waals surface area contributed by atoms with E-state index < -0.39 is 0 Å². The van der Waals surface area contributed by atoms with Crippen LogP contribution in [-0.4, -0.2) is 40.2 Å². The number of nitrogens with zero attached hydrogens (tertiary/aromatic N) is 4. The number of carbonyl (C=O) groups is 1. The third-order valence-corrected chi connectivity index (χ3v) is 4.70. The minimum Gasteiger partial charge on any atom is -0.339 e. The second kappa shape index (κ2) is 8.06. The summed E-state index contributed by atoms with van der Waals surface area (Å²) in [6, 6.07) is 9.42. The van der Waals surface area contributed by atoms with Crippen LogP contribution in [0.5, 0.6) is 0 Å². The van der Waals surface area contributed by atoms with Gasteiger partial charge in [-0.05, 0) is 50.3 Å². The molecule has 0 radical (unpaired) electrons. The number of likely N-dealkylation sites (tertiary alicyclic amines) is 1. The highest BCUT2D eigenvalue weighted by Crippen LogP contribution is 2.24. The Hall–Kier alpha value is -2.79. The van der Waals surface area contributed by atoms with Gasteiger partial charge in [-0.2, -0.15) is 5.26 Å². The van der Waals surface area contributed by atoms with E-state index in [1.165, 1.54) is 11.8 Å². The van der Waals surface area contributed by atoms with Crippen LogP contribution in [0.3, 0.4) is 0 Å². The number of anilines is 3. The van der Waals surface area contributed by atoms with Crippen molar-refractivity contribution < 1.29 is 4.79 Å². The molecule has 26 heavy (non-hydrogen) atoms. The Morgan fingerprint density at radius 2 is 1.85 bits per heavy atom. The molecule has 0 atom stereocenters. The molecule has 8 heteroatoms. The van der Waals surface area contributed by atoms with Crippen LogP contribution in [0.4, 0.5) is 22.0 Å². The highest BCUT2D eigenvalue weighted by atomic mass is 32.2.